The van der Waals surface area contributed by atoms with E-state index < -0.39 is 0 Å². The van der Waals surface area contributed by atoms with Crippen LogP contribution in [0.5, 0.6) is 0 Å². The molecule has 1 amide bonds. The summed E-state index contributed by atoms with van der Waals surface area (Å²) in [6, 6.07) is 0.252. The molecule has 0 aliphatic heterocycles. The molecule has 1 aromatic rings. The Morgan fingerprint density at radius 2 is 2.50 bits per heavy atom. The van der Waals surface area contributed by atoms with Gasteiger partial charge >= 0.3 is 0 Å². The maximum Gasteiger partial charge on any atom is 0.254 e. The van der Waals surface area contributed by atoms with Gasteiger partial charge < -0.3 is 10.1 Å². The van der Waals surface area contributed by atoms with E-state index in [0.29, 0.717) is 11.7 Å². The Morgan fingerprint density at radius 3 is 3.07 bits per heavy atom. The molecule has 0 radical (unpaired) electrons. The molecule has 76 valence electrons. The van der Waals surface area contributed by atoms with Crippen molar-refractivity contribution in [1.29, 1.82) is 0 Å². The van der Waals surface area contributed by atoms with Crippen molar-refractivity contribution < 1.29 is 9.53 Å². The zero-order chi connectivity index (χ0) is 9.97. The van der Waals surface area contributed by atoms with Crippen LogP contribution in [0, 0.1) is 0 Å². The molecule has 2 N–H and O–H groups in total. The minimum Gasteiger partial charge on any atom is -0.381 e. The lowest BCUT2D eigenvalue weighted by atomic mass is 9.89. The highest BCUT2D eigenvalue weighted by Crippen LogP contribution is 2.22. The minimum absolute atomic E-state index is 0.0710. The highest BCUT2D eigenvalue weighted by atomic mass is 16.5. The average Bonchev–Trinajstić information content (AvgIpc) is 2.62. The number of aromatic nitrogens is 2. The predicted molar refractivity (Wildman–Crippen MR) is 49.9 cm³/mol. The van der Waals surface area contributed by atoms with E-state index in [9.17, 15) is 4.79 Å². The standard InChI is InChI=1S/C9H13N3O2/c1-14-8-2-7(3-8)12-9(13)6-4-10-11-5-6/h4-5,7-8H,2-3H2,1H3,(H,10,11)(H,12,13). The van der Waals surface area contributed by atoms with Crippen LogP contribution in [-0.2, 0) is 4.74 Å². The first-order valence-electron chi connectivity index (χ1n) is 4.62. The van der Waals surface area contributed by atoms with Gasteiger partial charge in [0.2, 0.25) is 0 Å². The lowest BCUT2D eigenvalue weighted by molar-refractivity contribution is 0.0176. The number of methoxy groups -OCH3 is 1. The Bertz CT molecular complexity index is 304. The zero-order valence-electron chi connectivity index (χ0n) is 7.99. The fraction of sp³-hybridized carbons (Fsp3) is 0.556. The lowest BCUT2D eigenvalue weighted by Crippen LogP contribution is -2.47. The number of aromatic amines is 1. The molecule has 14 heavy (non-hydrogen) atoms. The molecule has 0 atom stereocenters. The van der Waals surface area contributed by atoms with Crippen molar-refractivity contribution in [2.45, 2.75) is 25.0 Å². The van der Waals surface area contributed by atoms with E-state index in [0.717, 1.165) is 12.8 Å². The van der Waals surface area contributed by atoms with Crippen LogP contribution in [0.3, 0.4) is 0 Å². The minimum atomic E-state index is -0.0710. The number of nitrogens with one attached hydrogen (secondary N) is 2. The lowest BCUT2D eigenvalue weighted by Gasteiger charge is -2.34. The van der Waals surface area contributed by atoms with Crippen molar-refractivity contribution in [1.82, 2.24) is 15.5 Å². The van der Waals surface area contributed by atoms with E-state index in [2.05, 4.69) is 15.5 Å². The Morgan fingerprint density at radius 1 is 1.71 bits per heavy atom. The summed E-state index contributed by atoms with van der Waals surface area (Å²) >= 11 is 0. The summed E-state index contributed by atoms with van der Waals surface area (Å²) < 4.78 is 5.12. The number of hydrogen-bond acceptors (Lipinski definition) is 3. The molecule has 0 saturated heterocycles. The van der Waals surface area contributed by atoms with E-state index in [1.54, 1.807) is 13.3 Å². The summed E-state index contributed by atoms with van der Waals surface area (Å²) in [5.41, 5.74) is 0.575. The van der Waals surface area contributed by atoms with Crippen molar-refractivity contribution >= 4 is 5.91 Å². The number of amides is 1. The third-order valence-electron chi connectivity index (χ3n) is 2.52. The number of ether oxygens (including phenoxy) is 1. The van der Waals surface area contributed by atoms with Crippen LogP contribution < -0.4 is 5.32 Å². The van der Waals surface area contributed by atoms with Crippen molar-refractivity contribution in [3.63, 3.8) is 0 Å². The van der Waals surface area contributed by atoms with E-state index in [1.165, 1.54) is 6.20 Å². The van der Waals surface area contributed by atoms with Crippen LogP contribution in [0.1, 0.15) is 23.2 Å². The van der Waals surface area contributed by atoms with Gasteiger partial charge in [-0.15, -0.1) is 0 Å². The number of H-pyrrole nitrogens is 1. The summed E-state index contributed by atoms with van der Waals surface area (Å²) in [5.74, 6) is -0.0710. The van der Waals surface area contributed by atoms with E-state index in [-0.39, 0.29) is 11.9 Å². The van der Waals surface area contributed by atoms with Gasteiger partial charge in [0.1, 0.15) is 0 Å². The summed E-state index contributed by atoms with van der Waals surface area (Å²) in [4.78, 5) is 11.5. The monoisotopic (exact) mass is 195 g/mol. The van der Waals surface area contributed by atoms with E-state index in [1.807, 2.05) is 0 Å². The summed E-state index contributed by atoms with van der Waals surface area (Å²) in [7, 11) is 1.69. The molecule has 1 heterocycles. The molecule has 1 fully saturated rings. The van der Waals surface area contributed by atoms with Gasteiger partial charge in [-0.1, -0.05) is 0 Å². The first-order chi connectivity index (χ1) is 6.79. The van der Waals surface area contributed by atoms with Crippen LogP contribution in [0.25, 0.3) is 0 Å². The average molecular weight is 195 g/mol. The quantitative estimate of drug-likeness (QED) is 0.729. The third-order valence-corrected chi connectivity index (χ3v) is 2.52. The number of nitrogens with zero attached hydrogens (tertiary/aromatic N) is 1. The molecule has 1 saturated carbocycles. The summed E-state index contributed by atoms with van der Waals surface area (Å²) in [6.07, 6.45) is 5.22. The van der Waals surface area contributed by atoms with Crippen molar-refractivity contribution in [2.75, 3.05) is 7.11 Å². The zero-order valence-corrected chi connectivity index (χ0v) is 7.99. The Balaban J connectivity index is 1.80. The molecule has 5 nitrogen and oxygen atoms in total. The second-order valence-electron chi connectivity index (χ2n) is 3.49. The van der Waals surface area contributed by atoms with Crippen LogP contribution in [0.4, 0.5) is 0 Å². The van der Waals surface area contributed by atoms with Crippen molar-refractivity contribution in [2.24, 2.45) is 0 Å². The van der Waals surface area contributed by atoms with Crippen LogP contribution in [0.2, 0.25) is 0 Å². The molecule has 0 spiro atoms. The molecular formula is C9H13N3O2. The molecule has 5 heteroatoms. The highest BCUT2D eigenvalue weighted by Gasteiger charge is 2.30. The van der Waals surface area contributed by atoms with Crippen LogP contribution >= 0.6 is 0 Å². The van der Waals surface area contributed by atoms with Gasteiger partial charge in [0, 0.05) is 19.3 Å². The van der Waals surface area contributed by atoms with E-state index in [4.69, 9.17) is 4.74 Å². The Kier molecular flexibility index (Phi) is 2.49. The Labute approximate surface area is 81.8 Å². The van der Waals surface area contributed by atoms with Gasteiger partial charge in [0.05, 0.1) is 17.9 Å². The molecular weight excluding hydrogens is 182 g/mol. The fourth-order valence-electron chi connectivity index (χ4n) is 1.52. The number of carbonyl (C=O) groups excluding carboxylic acids is 1. The molecule has 1 aliphatic rings. The van der Waals surface area contributed by atoms with Gasteiger partial charge in [0.15, 0.2) is 0 Å². The molecule has 2 rings (SSSR count). The van der Waals surface area contributed by atoms with Gasteiger partial charge in [-0.05, 0) is 12.8 Å². The second-order valence-corrected chi connectivity index (χ2v) is 3.49. The normalized spacial score (nSPS) is 25.5. The predicted octanol–water partition coefficient (Wildman–Crippen LogP) is 0.317. The largest absolute Gasteiger partial charge is 0.381 e. The molecule has 0 aromatic carbocycles. The molecule has 1 aromatic heterocycles. The smallest absolute Gasteiger partial charge is 0.254 e. The third kappa shape index (κ3) is 1.77. The molecule has 1 aliphatic carbocycles. The maximum absolute atomic E-state index is 11.5. The van der Waals surface area contributed by atoms with Crippen molar-refractivity contribution in [3.05, 3.63) is 18.0 Å². The van der Waals surface area contributed by atoms with Crippen LogP contribution in [0.15, 0.2) is 12.4 Å². The van der Waals surface area contributed by atoms with Crippen molar-refractivity contribution in [3.8, 4) is 0 Å². The topological polar surface area (TPSA) is 67.0 Å². The second kappa shape index (κ2) is 3.79. The van der Waals surface area contributed by atoms with Gasteiger partial charge in [-0.2, -0.15) is 5.10 Å². The summed E-state index contributed by atoms with van der Waals surface area (Å²) in [6.45, 7) is 0. The summed E-state index contributed by atoms with van der Waals surface area (Å²) in [5, 5.41) is 9.22. The maximum atomic E-state index is 11.5. The number of hydrogen-bond donors (Lipinski definition) is 2. The SMILES string of the molecule is COC1CC(NC(=O)c2cn[nH]c2)C1. The van der Waals surface area contributed by atoms with Gasteiger partial charge in [-0.25, -0.2) is 0 Å². The first-order valence-corrected chi connectivity index (χ1v) is 4.62. The Hall–Kier alpha value is -1.36. The molecule has 0 bridgehead atoms. The number of rotatable bonds is 3. The van der Waals surface area contributed by atoms with Gasteiger partial charge in [-0.3, -0.25) is 9.89 Å². The number of carbonyl (C=O) groups is 1. The van der Waals surface area contributed by atoms with E-state index >= 15 is 0 Å². The highest BCUT2D eigenvalue weighted by molar-refractivity contribution is 5.93. The first kappa shape index (κ1) is 9.21. The van der Waals surface area contributed by atoms with Crippen LogP contribution in [-0.4, -0.2) is 35.4 Å². The van der Waals surface area contributed by atoms with Gasteiger partial charge in [0.25, 0.3) is 5.91 Å². The fourth-order valence-corrected chi connectivity index (χ4v) is 1.52. The molecule has 0 unspecified atom stereocenters.